The van der Waals surface area contributed by atoms with E-state index in [0.717, 1.165) is 17.1 Å². The highest BCUT2D eigenvalue weighted by Crippen LogP contribution is 2.15. The second-order valence-corrected chi connectivity index (χ2v) is 6.45. The number of carbonyl (C=O) groups is 3. The summed E-state index contributed by atoms with van der Waals surface area (Å²) < 4.78 is 12.0. The molecular formula is C20H22N4O5. The SMILES string of the molecule is CCOC(=O)C1=C(COC(=O)c2ccc(-n3nc(C)cc3C)cc2)NC(=O)NC1. The van der Waals surface area contributed by atoms with Gasteiger partial charge in [-0.05, 0) is 51.1 Å². The Morgan fingerprint density at radius 1 is 1.14 bits per heavy atom. The Bertz CT molecular complexity index is 975. The lowest BCUT2D eigenvalue weighted by molar-refractivity contribution is -0.138. The molecule has 0 radical (unpaired) electrons. The molecule has 2 N–H and O–H groups in total. The van der Waals surface area contributed by atoms with Crippen molar-refractivity contribution in [2.75, 3.05) is 19.8 Å². The van der Waals surface area contributed by atoms with E-state index in [-0.39, 0.29) is 31.0 Å². The molecule has 0 fully saturated rings. The van der Waals surface area contributed by atoms with Gasteiger partial charge >= 0.3 is 18.0 Å². The summed E-state index contributed by atoms with van der Waals surface area (Å²) in [6, 6.07) is 8.30. The van der Waals surface area contributed by atoms with Gasteiger partial charge < -0.3 is 20.1 Å². The Morgan fingerprint density at radius 3 is 2.48 bits per heavy atom. The second kappa shape index (κ2) is 8.59. The Kier molecular flexibility index (Phi) is 5.96. The van der Waals surface area contributed by atoms with E-state index >= 15 is 0 Å². The third kappa shape index (κ3) is 4.63. The van der Waals surface area contributed by atoms with Crippen molar-refractivity contribution in [3.8, 4) is 5.69 Å². The number of ether oxygens (including phenoxy) is 2. The third-order valence-corrected chi connectivity index (χ3v) is 4.28. The largest absolute Gasteiger partial charge is 0.463 e. The van der Waals surface area contributed by atoms with Gasteiger partial charge in [-0.3, -0.25) is 0 Å². The monoisotopic (exact) mass is 398 g/mol. The smallest absolute Gasteiger partial charge is 0.338 e. The van der Waals surface area contributed by atoms with Gasteiger partial charge in [0.1, 0.15) is 6.61 Å². The van der Waals surface area contributed by atoms with Gasteiger partial charge in [-0.2, -0.15) is 5.10 Å². The van der Waals surface area contributed by atoms with Gasteiger partial charge in [0.05, 0.1) is 41.4 Å². The lowest BCUT2D eigenvalue weighted by atomic mass is 10.1. The van der Waals surface area contributed by atoms with Crippen LogP contribution in [0.25, 0.3) is 5.69 Å². The first-order chi connectivity index (χ1) is 13.9. The first-order valence-electron chi connectivity index (χ1n) is 9.14. The quantitative estimate of drug-likeness (QED) is 0.718. The molecule has 0 unspecified atom stereocenters. The minimum absolute atomic E-state index is 0.00881. The molecule has 1 aromatic heterocycles. The van der Waals surface area contributed by atoms with Crippen LogP contribution in [-0.4, -0.2) is 47.5 Å². The lowest BCUT2D eigenvalue weighted by Gasteiger charge is -2.21. The minimum Gasteiger partial charge on any atom is -0.463 e. The van der Waals surface area contributed by atoms with Crippen molar-refractivity contribution in [2.24, 2.45) is 0 Å². The zero-order valence-electron chi connectivity index (χ0n) is 16.4. The van der Waals surface area contributed by atoms with Gasteiger partial charge in [0, 0.05) is 5.69 Å². The van der Waals surface area contributed by atoms with E-state index in [1.807, 2.05) is 19.9 Å². The van der Waals surface area contributed by atoms with E-state index < -0.39 is 18.0 Å². The molecule has 1 aliphatic rings. The fourth-order valence-corrected chi connectivity index (χ4v) is 2.92. The number of esters is 2. The summed E-state index contributed by atoms with van der Waals surface area (Å²) in [5, 5.41) is 9.39. The highest BCUT2D eigenvalue weighted by atomic mass is 16.5. The predicted octanol–water partition coefficient (Wildman–Crippen LogP) is 1.78. The molecule has 9 heteroatoms. The van der Waals surface area contributed by atoms with Crippen molar-refractivity contribution >= 4 is 18.0 Å². The molecule has 29 heavy (non-hydrogen) atoms. The van der Waals surface area contributed by atoms with Crippen molar-refractivity contribution in [3.63, 3.8) is 0 Å². The summed E-state index contributed by atoms with van der Waals surface area (Å²) >= 11 is 0. The number of amides is 2. The Morgan fingerprint density at radius 2 is 1.86 bits per heavy atom. The number of aromatic nitrogens is 2. The summed E-state index contributed by atoms with van der Waals surface area (Å²) in [5.74, 6) is -1.14. The molecule has 0 spiro atoms. The molecule has 0 aliphatic carbocycles. The number of aryl methyl sites for hydroxylation is 2. The van der Waals surface area contributed by atoms with Gasteiger partial charge in [-0.1, -0.05) is 0 Å². The van der Waals surface area contributed by atoms with E-state index in [1.165, 1.54) is 0 Å². The van der Waals surface area contributed by atoms with Crippen LogP contribution in [0.4, 0.5) is 4.79 Å². The average Bonchev–Trinajstić information content (AvgIpc) is 3.04. The van der Waals surface area contributed by atoms with Crippen LogP contribution < -0.4 is 10.6 Å². The minimum atomic E-state index is -0.576. The second-order valence-electron chi connectivity index (χ2n) is 6.45. The average molecular weight is 398 g/mol. The molecular weight excluding hydrogens is 376 g/mol. The molecule has 3 rings (SSSR count). The number of urea groups is 1. The molecule has 0 saturated heterocycles. The van der Waals surface area contributed by atoms with Crippen molar-refractivity contribution in [3.05, 3.63) is 58.6 Å². The number of benzene rings is 1. The van der Waals surface area contributed by atoms with Crippen molar-refractivity contribution in [2.45, 2.75) is 20.8 Å². The van der Waals surface area contributed by atoms with Crippen molar-refractivity contribution in [1.82, 2.24) is 20.4 Å². The van der Waals surface area contributed by atoms with Crippen LogP contribution in [0.3, 0.4) is 0 Å². The van der Waals surface area contributed by atoms with Crippen LogP contribution >= 0.6 is 0 Å². The molecule has 152 valence electrons. The van der Waals surface area contributed by atoms with E-state index in [1.54, 1.807) is 35.9 Å². The zero-order chi connectivity index (χ0) is 21.0. The maximum absolute atomic E-state index is 12.4. The topological polar surface area (TPSA) is 112 Å². The number of nitrogens with one attached hydrogen (secondary N) is 2. The molecule has 1 aliphatic heterocycles. The number of hydrogen-bond donors (Lipinski definition) is 2. The molecule has 0 saturated carbocycles. The maximum atomic E-state index is 12.4. The highest BCUT2D eigenvalue weighted by Gasteiger charge is 2.24. The summed E-state index contributed by atoms with van der Waals surface area (Å²) in [7, 11) is 0. The Labute approximate surface area is 167 Å². The van der Waals surface area contributed by atoms with E-state index in [0.29, 0.717) is 5.56 Å². The highest BCUT2D eigenvalue weighted by molar-refractivity contribution is 5.94. The van der Waals surface area contributed by atoms with Crippen LogP contribution in [0.1, 0.15) is 28.7 Å². The molecule has 1 aromatic carbocycles. The van der Waals surface area contributed by atoms with Crippen LogP contribution in [0.2, 0.25) is 0 Å². The van der Waals surface area contributed by atoms with Gasteiger partial charge in [0.15, 0.2) is 0 Å². The Balaban J connectivity index is 1.70. The number of carbonyl (C=O) groups excluding carboxylic acids is 3. The standard InChI is InChI=1S/C20H22N4O5/c1-4-28-19(26)16-10-21-20(27)22-17(16)11-29-18(25)14-5-7-15(8-6-14)24-13(3)9-12(2)23-24/h5-9H,4,10-11H2,1-3H3,(H2,21,22,27). The predicted molar refractivity (Wildman–Crippen MR) is 104 cm³/mol. The Hall–Kier alpha value is -3.62. The molecule has 0 bridgehead atoms. The fourth-order valence-electron chi connectivity index (χ4n) is 2.92. The first kappa shape index (κ1) is 20.1. The summed E-state index contributed by atoms with van der Waals surface area (Å²) in [6.45, 7) is 5.50. The van der Waals surface area contributed by atoms with E-state index in [4.69, 9.17) is 9.47 Å². The summed E-state index contributed by atoms with van der Waals surface area (Å²) in [5.41, 5.74) is 3.48. The van der Waals surface area contributed by atoms with Crippen LogP contribution in [0, 0.1) is 13.8 Å². The number of nitrogens with zero attached hydrogens (tertiary/aromatic N) is 2. The lowest BCUT2D eigenvalue weighted by Crippen LogP contribution is -2.45. The van der Waals surface area contributed by atoms with E-state index in [2.05, 4.69) is 15.7 Å². The normalized spacial score (nSPS) is 13.6. The molecule has 9 nitrogen and oxygen atoms in total. The fraction of sp³-hybridized carbons (Fsp3) is 0.300. The van der Waals surface area contributed by atoms with Crippen molar-refractivity contribution < 1.29 is 23.9 Å². The molecule has 2 amide bonds. The first-order valence-corrected chi connectivity index (χ1v) is 9.14. The number of rotatable bonds is 6. The summed E-state index contributed by atoms with van der Waals surface area (Å²) in [4.78, 5) is 35.9. The van der Waals surface area contributed by atoms with E-state index in [9.17, 15) is 14.4 Å². The maximum Gasteiger partial charge on any atom is 0.338 e. The summed E-state index contributed by atoms with van der Waals surface area (Å²) in [6.07, 6.45) is 0. The molecule has 0 atom stereocenters. The van der Waals surface area contributed by atoms with Gasteiger partial charge in [0.25, 0.3) is 0 Å². The molecule has 2 heterocycles. The van der Waals surface area contributed by atoms with Gasteiger partial charge in [-0.15, -0.1) is 0 Å². The van der Waals surface area contributed by atoms with Crippen LogP contribution in [-0.2, 0) is 14.3 Å². The van der Waals surface area contributed by atoms with Gasteiger partial charge in [0.2, 0.25) is 0 Å². The van der Waals surface area contributed by atoms with Gasteiger partial charge in [-0.25, -0.2) is 19.1 Å². The zero-order valence-corrected chi connectivity index (χ0v) is 16.4. The molecule has 2 aromatic rings. The van der Waals surface area contributed by atoms with Crippen LogP contribution in [0.15, 0.2) is 41.6 Å². The number of hydrogen-bond acceptors (Lipinski definition) is 6. The van der Waals surface area contributed by atoms with Crippen molar-refractivity contribution in [1.29, 1.82) is 0 Å². The third-order valence-electron chi connectivity index (χ3n) is 4.28. The van der Waals surface area contributed by atoms with Crippen LogP contribution in [0.5, 0.6) is 0 Å².